The standard InChI is InChI=1S/C19H13Br3N2O3/c1-10-2-4-13(15(21)6-10)17-5-3-12(27-17)9-23-24-19(26)14-7-11(20)8-16(22)18(14)25/h2-9,25H,1H3,(H,24,26)/b23-9-. The lowest BCUT2D eigenvalue weighted by Gasteiger charge is -2.05. The Labute approximate surface area is 180 Å². The van der Waals surface area contributed by atoms with Gasteiger partial charge in [-0.15, -0.1) is 0 Å². The Balaban J connectivity index is 1.72. The summed E-state index contributed by atoms with van der Waals surface area (Å²) >= 11 is 9.99. The Kier molecular flexibility index (Phi) is 6.18. The van der Waals surface area contributed by atoms with Crippen LogP contribution in [0.4, 0.5) is 0 Å². The number of benzene rings is 2. The summed E-state index contributed by atoms with van der Waals surface area (Å²) in [7, 11) is 0. The number of rotatable bonds is 4. The van der Waals surface area contributed by atoms with E-state index in [4.69, 9.17) is 4.42 Å². The number of hydrazone groups is 1. The maximum absolute atomic E-state index is 12.2. The highest BCUT2D eigenvalue weighted by molar-refractivity contribution is 9.11. The maximum Gasteiger partial charge on any atom is 0.275 e. The SMILES string of the molecule is Cc1ccc(-c2ccc(/C=N\NC(=O)c3cc(Br)cc(Br)c3O)o2)c(Br)c1. The molecule has 0 spiro atoms. The van der Waals surface area contributed by atoms with Crippen molar-refractivity contribution in [3.05, 3.63) is 72.8 Å². The van der Waals surface area contributed by atoms with Gasteiger partial charge in [0.25, 0.3) is 5.91 Å². The van der Waals surface area contributed by atoms with E-state index < -0.39 is 5.91 Å². The molecule has 3 aromatic rings. The molecule has 2 N–H and O–H groups in total. The van der Waals surface area contributed by atoms with Gasteiger partial charge in [0.05, 0.1) is 16.3 Å². The third-order valence-electron chi connectivity index (χ3n) is 3.65. The number of nitrogens with one attached hydrogen (secondary N) is 1. The van der Waals surface area contributed by atoms with Crippen molar-refractivity contribution in [2.75, 3.05) is 0 Å². The molecule has 2 aromatic carbocycles. The van der Waals surface area contributed by atoms with Gasteiger partial charge >= 0.3 is 0 Å². The first-order chi connectivity index (χ1) is 12.8. The first-order valence-electron chi connectivity index (χ1n) is 7.73. The van der Waals surface area contributed by atoms with Crippen LogP contribution in [-0.4, -0.2) is 17.2 Å². The van der Waals surface area contributed by atoms with Crippen molar-refractivity contribution in [1.29, 1.82) is 0 Å². The predicted octanol–water partition coefficient (Wildman–Crippen LogP) is 6.01. The van der Waals surface area contributed by atoms with Gasteiger partial charge in [-0.2, -0.15) is 5.10 Å². The van der Waals surface area contributed by atoms with Crippen molar-refractivity contribution in [2.24, 2.45) is 5.10 Å². The highest BCUT2D eigenvalue weighted by Gasteiger charge is 2.14. The molecule has 5 nitrogen and oxygen atoms in total. The topological polar surface area (TPSA) is 74.8 Å². The van der Waals surface area contributed by atoms with Crippen LogP contribution in [0.15, 0.2) is 65.4 Å². The Morgan fingerprint density at radius 1 is 1.11 bits per heavy atom. The molecular formula is C19H13Br3N2O3. The number of aromatic hydroxyl groups is 1. The summed E-state index contributed by atoms with van der Waals surface area (Å²) in [4.78, 5) is 12.2. The number of aryl methyl sites for hydroxylation is 1. The van der Waals surface area contributed by atoms with Crippen molar-refractivity contribution in [3.63, 3.8) is 0 Å². The molecule has 0 saturated carbocycles. The van der Waals surface area contributed by atoms with Crippen LogP contribution in [0.3, 0.4) is 0 Å². The van der Waals surface area contributed by atoms with E-state index in [1.54, 1.807) is 12.1 Å². The third kappa shape index (κ3) is 4.69. The minimum Gasteiger partial charge on any atom is -0.506 e. The molecule has 27 heavy (non-hydrogen) atoms. The van der Waals surface area contributed by atoms with Gasteiger partial charge in [-0.05, 0) is 64.8 Å². The first-order valence-corrected chi connectivity index (χ1v) is 10.1. The summed E-state index contributed by atoms with van der Waals surface area (Å²) in [6, 6.07) is 12.7. The predicted molar refractivity (Wildman–Crippen MR) is 115 cm³/mol. The maximum atomic E-state index is 12.2. The van der Waals surface area contributed by atoms with Gasteiger partial charge in [-0.25, -0.2) is 5.43 Å². The number of carbonyl (C=O) groups is 1. The zero-order valence-electron chi connectivity index (χ0n) is 14.0. The fraction of sp³-hybridized carbons (Fsp3) is 0.0526. The number of hydrogen-bond acceptors (Lipinski definition) is 4. The van der Waals surface area contributed by atoms with E-state index in [2.05, 4.69) is 58.3 Å². The summed E-state index contributed by atoms with van der Waals surface area (Å²) in [6.07, 6.45) is 1.40. The Hall–Kier alpha value is -1.90. The molecule has 0 unspecified atom stereocenters. The third-order valence-corrected chi connectivity index (χ3v) is 5.37. The lowest BCUT2D eigenvalue weighted by atomic mass is 10.1. The number of amides is 1. The Bertz CT molecular complexity index is 1040. The molecule has 1 aromatic heterocycles. The minimum atomic E-state index is -0.543. The zero-order valence-corrected chi connectivity index (χ0v) is 18.7. The fourth-order valence-electron chi connectivity index (χ4n) is 2.34. The molecule has 8 heteroatoms. The monoisotopic (exact) mass is 554 g/mol. The van der Waals surface area contributed by atoms with Gasteiger partial charge in [0.15, 0.2) is 0 Å². The van der Waals surface area contributed by atoms with Crippen LogP contribution in [0, 0.1) is 6.92 Å². The van der Waals surface area contributed by atoms with Crippen molar-refractivity contribution in [1.82, 2.24) is 5.43 Å². The van der Waals surface area contributed by atoms with E-state index in [-0.39, 0.29) is 11.3 Å². The second-order valence-corrected chi connectivity index (χ2v) is 8.29. The molecule has 1 heterocycles. The molecule has 0 aliphatic rings. The summed E-state index contributed by atoms with van der Waals surface area (Å²) < 4.78 is 7.74. The van der Waals surface area contributed by atoms with Crippen molar-refractivity contribution < 1.29 is 14.3 Å². The molecule has 0 aliphatic heterocycles. The highest BCUT2D eigenvalue weighted by Crippen LogP contribution is 2.32. The number of halogens is 3. The van der Waals surface area contributed by atoms with Gasteiger partial charge < -0.3 is 9.52 Å². The molecule has 0 saturated heterocycles. The van der Waals surface area contributed by atoms with Crippen molar-refractivity contribution in [3.8, 4) is 17.1 Å². The number of carbonyl (C=O) groups excluding carboxylic acids is 1. The molecule has 0 radical (unpaired) electrons. The number of hydrogen-bond donors (Lipinski definition) is 2. The number of phenolic OH excluding ortho intramolecular Hbond substituents is 1. The number of nitrogens with zero attached hydrogens (tertiary/aromatic N) is 1. The second-order valence-electron chi connectivity index (χ2n) is 5.67. The van der Waals surface area contributed by atoms with Crippen molar-refractivity contribution in [2.45, 2.75) is 6.92 Å². The number of furan rings is 1. The normalized spacial score (nSPS) is 11.1. The summed E-state index contributed by atoms with van der Waals surface area (Å²) in [6.45, 7) is 2.01. The molecular weight excluding hydrogens is 544 g/mol. The Morgan fingerprint density at radius 2 is 1.89 bits per heavy atom. The van der Waals surface area contributed by atoms with E-state index in [9.17, 15) is 9.90 Å². The average molecular weight is 557 g/mol. The fourth-order valence-corrected chi connectivity index (χ4v) is 4.25. The lowest BCUT2D eigenvalue weighted by molar-refractivity contribution is 0.0952. The van der Waals surface area contributed by atoms with Crippen LogP contribution in [-0.2, 0) is 0 Å². The first kappa shape index (κ1) is 19.9. The van der Waals surface area contributed by atoms with Gasteiger partial charge in [-0.1, -0.05) is 37.9 Å². The van der Waals surface area contributed by atoms with E-state index in [1.165, 1.54) is 12.3 Å². The van der Waals surface area contributed by atoms with Crippen LogP contribution in [0.5, 0.6) is 5.75 Å². The van der Waals surface area contributed by atoms with Crippen LogP contribution in [0.25, 0.3) is 11.3 Å². The molecule has 0 fully saturated rings. The van der Waals surface area contributed by atoms with Crippen LogP contribution >= 0.6 is 47.8 Å². The molecule has 1 amide bonds. The van der Waals surface area contributed by atoms with E-state index in [0.29, 0.717) is 20.5 Å². The summed E-state index contributed by atoms with van der Waals surface area (Å²) in [5.41, 5.74) is 4.53. The zero-order chi connectivity index (χ0) is 19.6. The number of phenols is 1. The van der Waals surface area contributed by atoms with Gasteiger partial charge in [0, 0.05) is 14.5 Å². The molecule has 0 atom stereocenters. The van der Waals surface area contributed by atoms with Gasteiger partial charge in [-0.3, -0.25) is 4.79 Å². The van der Waals surface area contributed by atoms with Gasteiger partial charge in [0.1, 0.15) is 17.3 Å². The van der Waals surface area contributed by atoms with E-state index in [1.807, 2.05) is 31.2 Å². The molecule has 0 aliphatic carbocycles. The molecule has 3 rings (SSSR count). The summed E-state index contributed by atoms with van der Waals surface area (Å²) in [5, 5.41) is 13.9. The van der Waals surface area contributed by atoms with E-state index >= 15 is 0 Å². The van der Waals surface area contributed by atoms with E-state index in [0.717, 1.165) is 15.6 Å². The largest absolute Gasteiger partial charge is 0.506 e. The van der Waals surface area contributed by atoms with Crippen LogP contribution < -0.4 is 5.43 Å². The molecule has 138 valence electrons. The Morgan fingerprint density at radius 3 is 2.63 bits per heavy atom. The molecule has 0 bridgehead atoms. The average Bonchev–Trinajstić information content (AvgIpc) is 3.06. The second kappa shape index (κ2) is 8.41. The quantitative estimate of drug-likeness (QED) is 0.305. The highest BCUT2D eigenvalue weighted by atomic mass is 79.9. The van der Waals surface area contributed by atoms with Crippen LogP contribution in [0.1, 0.15) is 21.7 Å². The van der Waals surface area contributed by atoms with Gasteiger partial charge in [0.2, 0.25) is 0 Å². The minimum absolute atomic E-state index is 0.0946. The van der Waals surface area contributed by atoms with Crippen LogP contribution in [0.2, 0.25) is 0 Å². The smallest absolute Gasteiger partial charge is 0.275 e. The lowest BCUT2D eigenvalue weighted by Crippen LogP contribution is -2.17. The summed E-state index contributed by atoms with van der Waals surface area (Å²) in [5.74, 6) is 0.467. The van der Waals surface area contributed by atoms with Crippen molar-refractivity contribution >= 4 is 59.9 Å².